The Morgan fingerprint density at radius 3 is 2.48 bits per heavy atom. The van der Waals surface area contributed by atoms with Crippen molar-refractivity contribution in [1.82, 2.24) is 0 Å². The molecule has 1 saturated carbocycles. The predicted octanol–water partition coefficient (Wildman–Crippen LogP) is 3.25. The highest BCUT2D eigenvalue weighted by Gasteiger charge is 2.65. The van der Waals surface area contributed by atoms with Gasteiger partial charge in [0.25, 0.3) is 0 Å². The molecule has 1 heterocycles. The molecule has 0 N–H and O–H groups in total. The molecule has 4 nitrogen and oxygen atoms in total. The van der Waals surface area contributed by atoms with E-state index >= 15 is 0 Å². The molecule has 3 unspecified atom stereocenters. The Morgan fingerprint density at radius 1 is 1.38 bits per heavy atom. The predicted molar refractivity (Wildman–Crippen MR) is 79.5 cm³/mol. The lowest BCUT2D eigenvalue weighted by Gasteiger charge is -2.51. The molecule has 0 aromatic rings. The van der Waals surface area contributed by atoms with Crippen LogP contribution >= 0.6 is 0 Å². The van der Waals surface area contributed by atoms with E-state index in [9.17, 15) is 9.59 Å². The summed E-state index contributed by atoms with van der Waals surface area (Å²) in [5, 5.41) is 0. The standard InChI is InChI=1S/C17H26O4/c1-10(2)13(18)20-16(5,6)12-11-8-9-17(7,15(11,3)4)21-14(12)19/h11-12H,1,8-9H2,2-7H3. The molecule has 1 saturated heterocycles. The fourth-order valence-corrected chi connectivity index (χ4v) is 3.88. The van der Waals surface area contributed by atoms with Gasteiger partial charge in [0.15, 0.2) is 0 Å². The summed E-state index contributed by atoms with van der Waals surface area (Å²) in [5.74, 6) is -1.00. The van der Waals surface area contributed by atoms with Gasteiger partial charge in [-0.15, -0.1) is 0 Å². The molecule has 2 aliphatic rings. The lowest BCUT2D eigenvalue weighted by atomic mass is 9.63. The highest BCUT2D eigenvalue weighted by molar-refractivity contribution is 5.88. The molecule has 1 aliphatic heterocycles. The zero-order valence-electron chi connectivity index (χ0n) is 13.9. The van der Waals surface area contributed by atoms with Gasteiger partial charge in [0.1, 0.15) is 11.2 Å². The Balaban J connectivity index is 2.33. The van der Waals surface area contributed by atoms with Crippen molar-refractivity contribution in [1.29, 1.82) is 0 Å². The topological polar surface area (TPSA) is 52.6 Å². The lowest BCUT2D eigenvalue weighted by Crippen LogP contribution is -2.58. The molecular formula is C17H26O4. The molecule has 0 aromatic heterocycles. The minimum absolute atomic E-state index is 0.127. The van der Waals surface area contributed by atoms with Crippen LogP contribution in [0.1, 0.15) is 54.4 Å². The number of fused-ring (bicyclic) bond motifs is 2. The van der Waals surface area contributed by atoms with Crippen molar-refractivity contribution in [2.24, 2.45) is 17.3 Å². The smallest absolute Gasteiger partial charge is 0.333 e. The maximum atomic E-state index is 12.5. The van der Waals surface area contributed by atoms with Gasteiger partial charge >= 0.3 is 11.9 Å². The Labute approximate surface area is 126 Å². The third-order valence-corrected chi connectivity index (χ3v) is 5.66. The Morgan fingerprint density at radius 2 is 1.95 bits per heavy atom. The summed E-state index contributed by atoms with van der Waals surface area (Å²) in [7, 11) is 0. The summed E-state index contributed by atoms with van der Waals surface area (Å²) in [6.07, 6.45) is 1.77. The van der Waals surface area contributed by atoms with E-state index in [1.54, 1.807) is 20.8 Å². The van der Waals surface area contributed by atoms with Crippen LogP contribution < -0.4 is 0 Å². The molecular weight excluding hydrogens is 268 g/mol. The highest BCUT2D eigenvalue weighted by Crippen LogP contribution is 2.60. The minimum atomic E-state index is -0.902. The second-order valence-corrected chi connectivity index (χ2v) is 7.77. The fourth-order valence-electron chi connectivity index (χ4n) is 3.88. The molecule has 2 rings (SSSR count). The maximum absolute atomic E-state index is 12.5. The van der Waals surface area contributed by atoms with E-state index in [2.05, 4.69) is 20.4 Å². The summed E-state index contributed by atoms with van der Waals surface area (Å²) < 4.78 is 11.3. The van der Waals surface area contributed by atoms with Gasteiger partial charge in [-0.1, -0.05) is 20.4 Å². The summed E-state index contributed by atoms with van der Waals surface area (Å²) in [4.78, 5) is 24.4. The largest absolute Gasteiger partial charge is 0.458 e. The Hall–Kier alpha value is -1.32. The van der Waals surface area contributed by atoms with Crippen molar-refractivity contribution in [2.45, 2.75) is 65.6 Å². The average molecular weight is 294 g/mol. The van der Waals surface area contributed by atoms with E-state index in [-0.39, 0.29) is 17.3 Å². The Bertz CT molecular complexity index is 503. The lowest BCUT2D eigenvalue weighted by molar-refractivity contribution is -0.212. The van der Waals surface area contributed by atoms with Crippen molar-refractivity contribution in [2.75, 3.05) is 0 Å². The van der Waals surface area contributed by atoms with E-state index in [1.807, 2.05) is 6.92 Å². The number of ether oxygens (including phenoxy) is 2. The van der Waals surface area contributed by atoms with Gasteiger partial charge in [-0.05, 0) is 46.5 Å². The van der Waals surface area contributed by atoms with E-state index in [0.29, 0.717) is 5.57 Å². The molecule has 21 heavy (non-hydrogen) atoms. The van der Waals surface area contributed by atoms with Gasteiger partial charge in [-0.2, -0.15) is 0 Å². The molecule has 2 fully saturated rings. The van der Waals surface area contributed by atoms with E-state index < -0.39 is 23.1 Å². The quantitative estimate of drug-likeness (QED) is 0.592. The zero-order valence-corrected chi connectivity index (χ0v) is 13.9. The van der Waals surface area contributed by atoms with Crippen LogP contribution in [0.25, 0.3) is 0 Å². The molecule has 0 amide bonds. The molecule has 1 aliphatic carbocycles. The number of carbonyl (C=O) groups is 2. The SMILES string of the molecule is C=C(C)C(=O)OC(C)(C)C1C(=O)OC2(C)CCC1C2(C)C. The summed E-state index contributed by atoms with van der Waals surface area (Å²) in [6, 6.07) is 0. The van der Waals surface area contributed by atoms with Crippen LogP contribution in [0.15, 0.2) is 12.2 Å². The Kier molecular flexibility index (Phi) is 3.51. The van der Waals surface area contributed by atoms with Crippen molar-refractivity contribution >= 4 is 11.9 Å². The van der Waals surface area contributed by atoms with Crippen LogP contribution in [-0.4, -0.2) is 23.1 Å². The van der Waals surface area contributed by atoms with Crippen LogP contribution in [0.4, 0.5) is 0 Å². The van der Waals surface area contributed by atoms with Crippen LogP contribution in [0.5, 0.6) is 0 Å². The fraction of sp³-hybridized carbons (Fsp3) is 0.765. The van der Waals surface area contributed by atoms with Crippen molar-refractivity contribution < 1.29 is 19.1 Å². The van der Waals surface area contributed by atoms with Crippen LogP contribution in [0.2, 0.25) is 0 Å². The van der Waals surface area contributed by atoms with Gasteiger partial charge in [-0.3, -0.25) is 4.79 Å². The molecule has 3 atom stereocenters. The minimum Gasteiger partial charge on any atom is -0.458 e. The van der Waals surface area contributed by atoms with Crippen LogP contribution in [0, 0.1) is 17.3 Å². The maximum Gasteiger partial charge on any atom is 0.333 e. The van der Waals surface area contributed by atoms with Gasteiger partial charge in [0, 0.05) is 11.0 Å². The molecule has 0 aromatic carbocycles. The highest BCUT2D eigenvalue weighted by atomic mass is 16.6. The third-order valence-electron chi connectivity index (χ3n) is 5.66. The third kappa shape index (κ3) is 2.29. The van der Waals surface area contributed by atoms with E-state index in [0.717, 1.165) is 12.8 Å². The van der Waals surface area contributed by atoms with Crippen molar-refractivity contribution in [3.05, 3.63) is 12.2 Å². The van der Waals surface area contributed by atoms with Gasteiger partial charge in [0.2, 0.25) is 0 Å². The number of esters is 2. The zero-order chi connectivity index (χ0) is 16.2. The molecule has 0 spiro atoms. The summed E-state index contributed by atoms with van der Waals surface area (Å²) >= 11 is 0. The molecule has 2 bridgehead atoms. The summed E-state index contributed by atoms with van der Waals surface area (Å²) in [5.41, 5.74) is -1.11. The van der Waals surface area contributed by atoms with Gasteiger partial charge in [-0.25, -0.2) is 4.79 Å². The van der Waals surface area contributed by atoms with Crippen LogP contribution in [0.3, 0.4) is 0 Å². The van der Waals surface area contributed by atoms with Gasteiger partial charge < -0.3 is 9.47 Å². The first-order valence-corrected chi connectivity index (χ1v) is 7.54. The van der Waals surface area contributed by atoms with Crippen molar-refractivity contribution in [3.63, 3.8) is 0 Å². The second-order valence-electron chi connectivity index (χ2n) is 7.77. The van der Waals surface area contributed by atoms with Crippen LogP contribution in [-0.2, 0) is 19.1 Å². The normalized spacial score (nSPS) is 34.3. The average Bonchev–Trinajstić information content (AvgIpc) is 2.46. The number of hydrogen-bond donors (Lipinski definition) is 0. The molecule has 118 valence electrons. The van der Waals surface area contributed by atoms with Crippen molar-refractivity contribution in [3.8, 4) is 0 Å². The monoisotopic (exact) mass is 294 g/mol. The first-order valence-electron chi connectivity index (χ1n) is 7.54. The molecule has 0 radical (unpaired) electrons. The van der Waals surface area contributed by atoms with Gasteiger partial charge in [0.05, 0.1) is 5.92 Å². The first kappa shape index (κ1) is 16.1. The van der Waals surface area contributed by atoms with E-state index in [1.165, 1.54) is 0 Å². The summed E-state index contributed by atoms with van der Waals surface area (Å²) in [6.45, 7) is 15.1. The number of hydrogen-bond acceptors (Lipinski definition) is 4. The van der Waals surface area contributed by atoms with E-state index in [4.69, 9.17) is 9.47 Å². The molecule has 4 heteroatoms. The first-order chi connectivity index (χ1) is 9.42. The second kappa shape index (κ2) is 4.59. The number of carbonyl (C=O) groups excluding carboxylic acids is 2. The number of rotatable bonds is 3.